The first kappa shape index (κ1) is 15.4. The Morgan fingerprint density at radius 3 is 2.71 bits per heavy atom. The third-order valence-corrected chi connectivity index (χ3v) is 3.88. The van der Waals surface area contributed by atoms with Crippen molar-refractivity contribution in [3.63, 3.8) is 0 Å². The van der Waals surface area contributed by atoms with Gasteiger partial charge in [-0.05, 0) is 5.92 Å². The van der Waals surface area contributed by atoms with Crippen molar-refractivity contribution in [2.75, 3.05) is 7.05 Å². The first-order valence-electron chi connectivity index (χ1n) is 6.81. The van der Waals surface area contributed by atoms with E-state index in [4.69, 9.17) is 0 Å². The maximum Gasteiger partial charge on any atom is 0.191 e. The highest BCUT2D eigenvalue weighted by molar-refractivity contribution is 7.09. The van der Waals surface area contributed by atoms with E-state index >= 15 is 0 Å². The molecule has 0 bridgehead atoms. The third kappa shape index (κ3) is 4.25. The lowest BCUT2D eigenvalue weighted by molar-refractivity contribution is 0.672. The number of hydrogen-bond donors (Lipinski definition) is 2. The Labute approximate surface area is 128 Å². The fourth-order valence-corrected chi connectivity index (χ4v) is 2.59. The summed E-state index contributed by atoms with van der Waals surface area (Å²) in [6.45, 7) is 5.53. The Morgan fingerprint density at radius 2 is 2.14 bits per heavy atom. The van der Waals surface area contributed by atoms with Gasteiger partial charge in [0.1, 0.15) is 17.2 Å². The number of nitrogens with one attached hydrogen (secondary N) is 2. The van der Waals surface area contributed by atoms with Gasteiger partial charge < -0.3 is 10.6 Å². The molecule has 0 unspecified atom stereocenters. The summed E-state index contributed by atoms with van der Waals surface area (Å²) in [4.78, 5) is 12.9. The number of thiazole rings is 1. The van der Waals surface area contributed by atoms with Gasteiger partial charge in [0.2, 0.25) is 0 Å². The van der Waals surface area contributed by atoms with Crippen molar-refractivity contribution in [3.05, 3.63) is 28.2 Å². The number of nitrogens with zero attached hydrogens (tertiary/aromatic N) is 5. The second kappa shape index (κ2) is 7.16. The zero-order valence-corrected chi connectivity index (χ0v) is 13.6. The van der Waals surface area contributed by atoms with Crippen molar-refractivity contribution in [1.82, 2.24) is 30.4 Å². The summed E-state index contributed by atoms with van der Waals surface area (Å²) in [5.74, 6) is 2.04. The molecular formula is C13H21N7S. The fraction of sp³-hybridized carbons (Fsp3) is 0.538. The van der Waals surface area contributed by atoms with Crippen LogP contribution in [-0.2, 0) is 20.1 Å². The van der Waals surface area contributed by atoms with Crippen LogP contribution in [0, 0.1) is 0 Å². The largest absolute Gasteiger partial charge is 0.350 e. The highest BCUT2D eigenvalue weighted by Crippen LogP contribution is 2.17. The van der Waals surface area contributed by atoms with Crippen LogP contribution in [0.3, 0.4) is 0 Å². The molecule has 8 heteroatoms. The highest BCUT2D eigenvalue weighted by atomic mass is 32.1. The molecule has 0 aliphatic rings. The number of aryl methyl sites for hydroxylation is 1. The Balaban J connectivity index is 1.83. The summed E-state index contributed by atoms with van der Waals surface area (Å²) in [7, 11) is 3.61. The van der Waals surface area contributed by atoms with Crippen LogP contribution in [0.4, 0.5) is 0 Å². The Kier molecular flexibility index (Phi) is 5.26. The van der Waals surface area contributed by atoms with E-state index in [0.717, 1.165) is 22.5 Å². The van der Waals surface area contributed by atoms with Gasteiger partial charge in [-0.2, -0.15) is 5.10 Å². The van der Waals surface area contributed by atoms with Gasteiger partial charge in [-0.25, -0.2) is 9.97 Å². The molecule has 2 rings (SSSR count). The number of hydrogen-bond acceptors (Lipinski definition) is 5. The summed E-state index contributed by atoms with van der Waals surface area (Å²) < 4.78 is 1.73. The smallest absolute Gasteiger partial charge is 0.191 e. The van der Waals surface area contributed by atoms with Crippen LogP contribution in [0.1, 0.15) is 36.3 Å². The first-order chi connectivity index (χ1) is 10.1. The fourth-order valence-electron chi connectivity index (χ4n) is 1.69. The van der Waals surface area contributed by atoms with Gasteiger partial charge >= 0.3 is 0 Å². The van der Waals surface area contributed by atoms with Crippen LogP contribution < -0.4 is 10.6 Å². The molecule has 21 heavy (non-hydrogen) atoms. The molecule has 2 aromatic rings. The minimum absolute atomic E-state index is 0.461. The third-order valence-electron chi connectivity index (χ3n) is 3.01. The molecule has 114 valence electrons. The average molecular weight is 307 g/mol. The second-order valence-electron chi connectivity index (χ2n) is 4.90. The zero-order valence-electron chi connectivity index (χ0n) is 12.8. The Morgan fingerprint density at radius 1 is 1.38 bits per heavy atom. The SMILES string of the molecule is CN=C(NCc1nc(C(C)C)cs1)NCc1ncnn1C. The molecule has 0 aromatic carbocycles. The molecular weight excluding hydrogens is 286 g/mol. The summed E-state index contributed by atoms with van der Waals surface area (Å²) in [5.41, 5.74) is 1.14. The minimum atomic E-state index is 0.461. The predicted molar refractivity (Wildman–Crippen MR) is 84.2 cm³/mol. The Bertz CT molecular complexity index is 599. The van der Waals surface area contributed by atoms with Gasteiger partial charge in [-0.1, -0.05) is 13.8 Å². The van der Waals surface area contributed by atoms with Gasteiger partial charge in [-0.3, -0.25) is 9.67 Å². The second-order valence-corrected chi connectivity index (χ2v) is 5.84. The molecule has 2 aromatic heterocycles. The number of aromatic nitrogens is 4. The average Bonchev–Trinajstić information content (AvgIpc) is 3.08. The van der Waals surface area contributed by atoms with Crippen LogP contribution in [-0.4, -0.2) is 32.8 Å². The van der Waals surface area contributed by atoms with Crippen molar-refractivity contribution in [1.29, 1.82) is 0 Å². The molecule has 7 nitrogen and oxygen atoms in total. The van der Waals surface area contributed by atoms with E-state index in [2.05, 4.69) is 49.9 Å². The van der Waals surface area contributed by atoms with E-state index in [-0.39, 0.29) is 0 Å². The Hall–Kier alpha value is -1.96. The molecule has 0 fully saturated rings. The van der Waals surface area contributed by atoms with E-state index in [1.165, 1.54) is 6.33 Å². The number of aliphatic imine (C=N–C) groups is 1. The van der Waals surface area contributed by atoms with Gasteiger partial charge in [0.05, 0.1) is 18.8 Å². The first-order valence-corrected chi connectivity index (χ1v) is 7.69. The number of rotatable bonds is 5. The quantitative estimate of drug-likeness (QED) is 0.642. The molecule has 0 saturated carbocycles. The molecule has 0 radical (unpaired) electrons. The standard InChI is InChI=1S/C13H21N7S/c1-9(2)10-7-21-12(19-10)6-16-13(14-3)15-5-11-17-8-18-20(11)4/h7-9H,5-6H2,1-4H3,(H2,14,15,16). The van der Waals surface area contributed by atoms with Crippen molar-refractivity contribution in [3.8, 4) is 0 Å². The van der Waals surface area contributed by atoms with Gasteiger partial charge in [-0.15, -0.1) is 11.3 Å². The van der Waals surface area contributed by atoms with Gasteiger partial charge in [0.25, 0.3) is 0 Å². The molecule has 2 heterocycles. The molecule has 2 N–H and O–H groups in total. The lowest BCUT2D eigenvalue weighted by Crippen LogP contribution is -2.36. The monoisotopic (exact) mass is 307 g/mol. The summed E-state index contributed by atoms with van der Waals surface area (Å²) in [6, 6.07) is 0. The van der Waals surface area contributed by atoms with Crippen molar-refractivity contribution in [2.45, 2.75) is 32.9 Å². The van der Waals surface area contributed by atoms with E-state index in [1.807, 2.05) is 7.05 Å². The maximum absolute atomic E-state index is 4.59. The summed E-state index contributed by atoms with van der Waals surface area (Å²) in [6.07, 6.45) is 1.54. The number of guanidine groups is 1. The van der Waals surface area contributed by atoms with Crippen LogP contribution in [0.25, 0.3) is 0 Å². The summed E-state index contributed by atoms with van der Waals surface area (Å²) in [5, 5.41) is 13.6. The van der Waals surface area contributed by atoms with Crippen LogP contribution in [0.5, 0.6) is 0 Å². The highest BCUT2D eigenvalue weighted by Gasteiger charge is 2.07. The normalized spacial score (nSPS) is 12.0. The summed E-state index contributed by atoms with van der Waals surface area (Å²) >= 11 is 1.67. The van der Waals surface area contributed by atoms with Crippen molar-refractivity contribution >= 4 is 17.3 Å². The lowest BCUT2D eigenvalue weighted by atomic mass is 10.2. The molecule has 0 saturated heterocycles. The van der Waals surface area contributed by atoms with E-state index in [0.29, 0.717) is 19.0 Å². The lowest BCUT2D eigenvalue weighted by Gasteiger charge is -2.10. The van der Waals surface area contributed by atoms with Crippen LogP contribution >= 0.6 is 11.3 Å². The van der Waals surface area contributed by atoms with E-state index < -0.39 is 0 Å². The molecule has 0 amide bonds. The minimum Gasteiger partial charge on any atom is -0.350 e. The van der Waals surface area contributed by atoms with Crippen LogP contribution in [0.15, 0.2) is 16.7 Å². The van der Waals surface area contributed by atoms with E-state index in [9.17, 15) is 0 Å². The maximum atomic E-state index is 4.59. The van der Waals surface area contributed by atoms with Crippen molar-refractivity contribution < 1.29 is 0 Å². The molecule has 0 atom stereocenters. The molecule has 0 aliphatic heterocycles. The topological polar surface area (TPSA) is 80.0 Å². The zero-order chi connectivity index (χ0) is 15.2. The van der Waals surface area contributed by atoms with Crippen molar-refractivity contribution in [2.24, 2.45) is 12.0 Å². The van der Waals surface area contributed by atoms with E-state index in [1.54, 1.807) is 23.1 Å². The van der Waals surface area contributed by atoms with Gasteiger partial charge in [0.15, 0.2) is 5.96 Å². The molecule has 0 spiro atoms. The molecule has 0 aliphatic carbocycles. The van der Waals surface area contributed by atoms with Gasteiger partial charge in [0, 0.05) is 19.5 Å². The van der Waals surface area contributed by atoms with Crippen LogP contribution in [0.2, 0.25) is 0 Å². The predicted octanol–water partition coefficient (Wildman–Crippen LogP) is 1.26.